The highest BCUT2D eigenvalue weighted by atomic mass is 16.2. The van der Waals surface area contributed by atoms with Crippen molar-refractivity contribution in [3.63, 3.8) is 0 Å². The first-order chi connectivity index (χ1) is 12.6. The van der Waals surface area contributed by atoms with Crippen molar-refractivity contribution in [1.82, 2.24) is 9.80 Å². The third kappa shape index (κ3) is 3.77. The van der Waals surface area contributed by atoms with Gasteiger partial charge in [-0.05, 0) is 81.1 Å². The molecule has 3 fully saturated rings. The zero-order valence-electron chi connectivity index (χ0n) is 20.4. The Morgan fingerprint density at radius 1 is 0.929 bits per heavy atom. The second-order valence-electron chi connectivity index (χ2n) is 13.4. The Labute approximate surface area is 174 Å². The largest absolute Gasteiger partial charge is 0.338 e. The van der Waals surface area contributed by atoms with Crippen molar-refractivity contribution in [3.8, 4) is 0 Å². The van der Waals surface area contributed by atoms with Crippen molar-refractivity contribution in [2.24, 2.45) is 34.0 Å². The molecule has 3 atom stereocenters. The minimum atomic E-state index is -0.0425. The smallest absolute Gasteiger partial charge is 0.223 e. The summed E-state index contributed by atoms with van der Waals surface area (Å²) in [6, 6.07) is 0.683. The monoisotopic (exact) mass is 390 g/mol. The molecule has 1 amide bonds. The highest BCUT2D eigenvalue weighted by molar-refractivity contribution is 5.79. The molecule has 0 N–H and O–H groups in total. The van der Waals surface area contributed by atoms with Crippen LogP contribution in [0.5, 0.6) is 0 Å². The lowest BCUT2D eigenvalue weighted by atomic mass is 9.49. The van der Waals surface area contributed by atoms with Gasteiger partial charge in [0.2, 0.25) is 5.91 Å². The fourth-order valence-corrected chi connectivity index (χ4v) is 6.52. The third-order valence-corrected chi connectivity index (χ3v) is 9.03. The van der Waals surface area contributed by atoms with Crippen LogP contribution in [0, 0.1) is 34.0 Å². The summed E-state index contributed by atoms with van der Waals surface area (Å²) in [6.45, 7) is 23.4. The van der Waals surface area contributed by atoms with Gasteiger partial charge in [-0.15, -0.1) is 0 Å². The van der Waals surface area contributed by atoms with E-state index in [1.165, 1.54) is 25.8 Å². The van der Waals surface area contributed by atoms with Crippen LogP contribution in [-0.4, -0.2) is 47.4 Å². The number of carbonyl (C=O) groups excluding carboxylic acids is 1. The van der Waals surface area contributed by atoms with Crippen molar-refractivity contribution in [3.05, 3.63) is 0 Å². The van der Waals surface area contributed by atoms with Gasteiger partial charge in [0.1, 0.15) is 0 Å². The number of hydrogen-bond acceptors (Lipinski definition) is 2. The van der Waals surface area contributed by atoms with Gasteiger partial charge in [0, 0.05) is 31.1 Å². The molecule has 0 radical (unpaired) electrons. The summed E-state index contributed by atoms with van der Waals surface area (Å²) in [5, 5.41) is 0. The van der Waals surface area contributed by atoms with Crippen molar-refractivity contribution in [2.75, 3.05) is 20.1 Å². The fourth-order valence-electron chi connectivity index (χ4n) is 6.52. The van der Waals surface area contributed by atoms with Crippen molar-refractivity contribution in [1.29, 1.82) is 0 Å². The zero-order valence-corrected chi connectivity index (χ0v) is 20.4. The van der Waals surface area contributed by atoms with Crippen LogP contribution in [0.15, 0.2) is 0 Å². The van der Waals surface area contributed by atoms with E-state index in [9.17, 15) is 4.79 Å². The van der Waals surface area contributed by atoms with Crippen LogP contribution >= 0.6 is 0 Å². The average molecular weight is 391 g/mol. The van der Waals surface area contributed by atoms with Gasteiger partial charge in [0.25, 0.3) is 0 Å². The molecule has 3 heteroatoms. The zero-order chi connectivity index (χ0) is 21.3. The molecular weight excluding hydrogens is 344 g/mol. The number of nitrogens with zero attached hydrogens (tertiary/aromatic N) is 2. The minimum absolute atomic E-state index is 0.0425. The molecule has 0 aromatic heterocycles. The summed E-state index contributed by atoms with van der Waals surface area (Å²) >= 11 is 0. The van der Waals surface area contributed by atoms with E-state index in [1.807, 2.05) is 0 Å². The van der Waals surface area contributed by atoms with Crippen LogP contribution in [0.1, 0.15) is 88.0 Å². The molecule has 3 unspecified atom stereocenters. The SMILES string of the molecule is CN1CC(C(C)(C)C)CC1C(C)(C)C1CC(C)(C2CC(=O)N(C(C)(C)C)C2)C1. The van der Waals surface area contributed by atoms with Gasteiger partial charge in [0.15, 0.2) is 0 Å². The van der Waals surface area contributed by atoms with Gasteiger partial charge in [-0.2, -0.15) is 0 Å². The fraction of sp³-hybridized carbons (Fsp3) is 0.960. The number of carbonyl (C=O) groups is 1. The van der Waals surface area contributed by atoms with Crippen LogP contribution in [0.3, 0.4) is 0 Å². The number of hydrogen-bond donors (Lipinski definition) is 0. The molecule has 0 aromatic carbocycles. The molecule has 3 rings (SSSR count). The predicted molar refractivity (Wildman–Crippen MR) is 118 cm³/mol. The summed E-state index contributed by atoms with van der Waals surface area (Å²) in [5.74, 6) is 2.48. The maximum Gasteiger partial charge on any atom is 0.223 e. The van der Waals surface area contributed by atoms with E-state index in [1.54, 1.807) is 0 Å². The van der Waals surface area contributed by atoms with E-state index in [4.69, 9.17) is 0 Å². The molecule has 0 aromatic rings. The van der Waals surface area contributed by atoms with Crippen LogP contribution in [0.2, 0.25) is 0 Å². The number of likely N-dealkylation sites (tertiary alicyclic amines) is 2. The molecule has 2 heterocycles. The van der Waals surface area contributed by atoms with Gasteiger partial charge < -0.3 is 9.80 Å². The number of rotatable bonds is 3. The Kier molecular flexibility index (Phi) is 5.31. The molecule has 0 spiro atoms. The molecule has 2 aliphatic heterocycles. The van der Waals surface area contributed by atoms with E-state index in [-0.39, 0.29) is 5.54 Å². The second kappa shape index (κ2) is 6.72. The van der Waals surface area contributed by atoms with Crippen molar-refractivity contribution in [2.45, 2.75) is 99.6 Å². The highest BCUT2D eigenvalue weighted by Gasteiger charge is 2.57. The Bertz CT molecular complexity index is 603. The first-order valence-electron chi connectivity index (χ1n) is 11.6. The Morgan fingerprint density at radius 2 is 1.50 bits per heavy atom. The lowest BCUT2D eigenvalue weighted by molar-refractivity contribution is -0.131. The van der Waals surface area contributed by atoms with Crippen molar-refractivity contribution < 1.29 is 4.79 Å². The van der Waals surface area contributed by atoms with E-state index in [2.05, 4.69) is 79.2 Å². The molecule has 28 heavy (non-hydrogen) atoms. The van der Waals surface area contributed by atoms with Gasteiger partial charge >= 0.3 is 0 Å². The molecule has 3 nitrogen and oxygen atoms in total. The van der Waals surface area contributed by atoms with Gasteiger partial charge in [-0.25, -0.2) is 0 Å². The topological polar surface area (TPSA) is 23.6 Å². The van der Waals surface area contributed by atoms with E-state index < -0.39 is 0 Å². The second-order valence-corrected chi connectivity index (χ2v) is 13.4. The lowest BCUT2D eigenvalue weighted by Gasteiger charge is -2.57. The van der Waals surface area contributed by atoms with E-state index in [0.717, 1.165) is 24.8 Å². The Hall–Kier alpha value is -0.570. The van der Waals surface area contributed by atoms with Crippen LogP contribution < -0.4 is 0 Å². The first-order valence-corrected chi connectivity index (χ1v) is 11.6. The molecular formula is C25H46N2O. The van der Waals surface area contributed by atoms with Crippen molar-refractivity contribution >= 4 is 5.91 Å². The highest BCUT2D eigenvalue weighted by Crippen LogP contribution is 2.61. The normalized spacial score (nSPS) is 38.2. The van der Waals surface area contributed by atoms with E-state index in [0.29, 0.717) is 34.1 Å². The summed E-state index contributed by atoms with van der Waals surface area (Å²) < 4.78 is 0. The minimum Gasteiger partial charge on any atom is -0.338 e. The molecule has 0 bridgehead atoms. The average Bonchev–Trinajstić information content (AvgIpc) is 3.06. The van der Waals surface area contributed by atoms with Crippen LogP contribution in [0.4, 0.5) is 0 Å². The summed E-state index contributed by atoms with van der Waals surface area (Å²) in [7, 11) is 2.34. The standard InChI is InChI=1S/C25H46N2O/c1-22(2,3)17-11-20(26(10)15-17)24(7,8)19-13-25(9,14-19)18-12-21(28)27(16-18)23(4,5)6/h17-20H,11-16H2,1-10H3. The van der Waals surface area contributed by atoms with Gasteiger partial charge in [0.05, 0.1) is 0 Å². The van der Waals surface area contributed by atoms with Crippen LogP contribution in [0.25, 0.3) is 0 Å². The Morgan fingerprint density at radius 3 is 1.93 bits per heavy atom. The molecule has 1 saturated carbocycles. The number of amides is 1. The lowest BCUT2D eigenvalue weighted by Crippen LogP contribution is -2.53. The molecule has 3 aliphatic rings. The molecule has 162 valence electrons. The summed E-state index contributed by atoms with van der Waals surface area (Å²) in [5.41, 5.74) is 1.05. The Balaban J connectivity index is 1.64. The maximum absolute atomic E-state index is 12.6. The third-order valence-electron chi connectivity index (χ3n) is 9.03. The van der Waals surface area contributed by atoms with E-state index >= 15 is 0 Å². The van der Waals surface area contributed by atoms with Gasteiger partial charge in [-0.1, -0.05) is 41.5 Å². The summed E-state index contributed by atoms with van der Waals surface area (Å²) in [4.78, 5) is 17.4. The maximum atomic E-state index is 12.6. The first kappa shape index (κ1) is 22.1. The molecule has 1 aliphatic carbocycles. The quantitative estimate of drug-likeness (QED) is 0.640. The molecule has 2 saturated heterocycles. The van der Waals surface area contributed by atoms with Gasteiger partial charge in [-0.3, -0.25) is 4.79 Å². The summed E-state index contributed by atoms with van der Waals surface area (Å²) in [6.07, 6.45) is 4.68. The van der Waals surface area contributed by atoms with Crippen LogP contribution in [-0.2, 0) is 4.79 Å². The predicted octanol–water partition coefficient (Wildman–Crippen LogP) is 5.44.